The minimum absolute atomic E-state index is 0.00459. The molecule has 0 bridgehead atoms. The van der Waals surface area contributed by atoms with Gasteiger partial charge in [0.2, 0.25) is 5.91 Å². The second-order valence-electron chi connectivity index (χ2n) is 6.50. The van der Waals surface area contributed by atoms with Gasteiger partial charge in [0.25, 0.3) is 0 Å². The van der Waals surface area contributed by atoms with Crippen LogP contribution in [0.25, 0.3) is 5.82 Å². The molecule has 1 amide bonds. The Morgan fingerprint density at radius 1 is 1.19 bits per heavy atom. The van der Waals surface area contributed by atoms with Crippen molar-refractivity contribution in [2.24, 2.45) is 5.92 Å². The van der Waals surface area contributed by atoms with Gasteiger partial charge < -0.3 is 10.2 Å². The van der Waals surface area contributed by atoms with Crippen molar-refractivity contribution in [3.63, 3.8) is 0 Å². The summed E-state index contributed by atoms with van der Waals surface area (Å²) in [5, 5.41) is 12.1. The smallest absolute Gasteiger partial charge is 0.229 e. The molecule has 0 spiro atoms. The van der Waals surface area contributed by atoms with Crippen molar-refractivity contribution in [1.29, 1.82) is 0 Å². The number of rotatable bonds is 4. The van der Waals surface area contributed by atoms with E-state index in [1.807, 2.05) is 30.5 Å². The van der Waals surface area contributed by atoms with E-state index in [1.165, 1.54) is 0 Å². The minimum Gasteiger partial charge on any atom is -0.354 e. The summed E-state index contributed by atoms with van der Waals surface area (Å²) < 4.78 is 1.80. The van der Waals surface area contributed by atoms with Crippen molar-refractivity contribution in [1.82, 2.24) is 19.7 Å². The first-order chi connectivity index (χ1) is 13.2. The predicted octanol–water partition coefficient (Wildman–Crippen LogP) is 3.17. The molecule has 138 valence electrons. The van der Waals surface area contributed by atoms with Gasteiger partial charge in [0.05, 0.1) is 5.92 Å². The molecule has 3 aromatic rings. The topological polar surface area (TPSA) is 75.9 Å². The number of hydrogen-bond donors (Lipinski definition) is 1. The molecule has 1 fully saturated rings. The Labute approximate surface area is 162 Å². The van der Waals surface area contributed by atoms with Crippen LogP contribution in [0.4, 0.5) is 11.5 Å². The number of aromatic nitrogens is 4. The van der Waals surface area contributed by atoms with Crippen LogP contribution in [-0.2, 0) is 4.79 Å². The second kappa shape index (κ2) is 7.75. The zero-order valence-electron chi connectivity index (χ0n) is 14.6. The quantitative estimate of drug-likeness (QED) is 0.750. The lowest BCUT2D eigenvalue weighted by Crippen LogP contribution is -2.41. The standard InChI is InChI=1S/C19H19ClN6O/c20-15-4-1-5-16(11-15)22-19(27)14-3-2-9-25(12-14)17-6-7-18(24-23-17)26-10-8-21-13-26/h1,4-8,10-11,13-14H,2-3,9,12H2,(H,22,27). The SMILES string of the molecule is O=C(Nc1cccc(Cl)c1)C1CCCN(c2ccc(-n3ccnc3)nn2)C1. The Morgan fingerprint density at radius 2 is 2.04 bits per heavy atom. The molecule has 0 radical (unpaired) electrons. The predicted molar refractivity (Wildman–Crippen MR) is 104 cm³/mol. The summed E-state index contributed by atoms with van der Waals surface area (Å²) in [6.07, 6.45) is 6.98. The van der Waals surface area contributed by atoms with Crippen LogP contribution in [0, 0.1) is 5.92 Å². The average molecular weight is 383 g/mol. The lowest BCUT2D eigenvalue weighted by molar-refractivity contribution is -0.120. The Bertz CT molecular complexity index is 912. The molecule has 1 atom stereocenters. The van der Waals surface area contributed by atoms with Gasteiger partial charge in [-0.3, -0.25) is 9.36 Å². The van der Waals surface area contributed by atoms with E-state index >= 15 is 0 Å². The maximum Gasteiger partial charge on any atom is 0.229 e. The molecule has 1 unspecified atom stereocenters. The van der Waals surface area contributed by atoms with Crippen LogP contribution in [0.15, 0.2) is 55.1 Å². The molecule has 4 rings (SSSR count). The maximum atomic E-state index is 12.6. The first-order valence-corrected chi connectivity index (χ1v) is 9.20. The van der Waals surface area contributed by atoms with Crippen molar-refractivity contribution in [2.45, 2.75) is 12.8 Å². The van der Waals surface area contributed by atoms with E-state index in [-0.39, 0.29) is 11.8 Å². The van der Waals surface area contributed by atoms with Gasteiger partial charge in [0.15, 0.2) is 11.6 Å². The Morgan fingerprint density at radius 3 is 2.78 bits per heavy atom. The summed E-state index contributed by atoms with van der Waals surface area (Å²) in [5.41, 5.74) is 0.717. The molecular formula is C19H19ClN6O. The lowest BCUT2D eigenvalue weighted by Gasteiger charge is -2.32. The zero-order valence-corrected chi connectivity index (χ0v) is 15.4. The molecule has 0 aliphatic carbocycles. The number of anilines is 2. The number of hydrogen-bond acceptors (Lipinski definition) is 5. The van der Waals surface area contributed by atoms with Crippen LogP contribution in [0.1, 0.15) is 12.8 Å². The molecule has 3 heterocycles. The second-order valence-corrected chi connectivity index (χ2v) is 6.94. The largest absolute Gasteiger partial charge is 0.354 e. The molecule has 1 aromatic carbocycles. The highest BCUT2D eigenvalue weighted by molar-refractivity contribution is 6.30. The van der Waals surface area contributed by atoms with E-state index in [2.05, 4.69) is 25.4 Å². The highest BCUT2D eigenvalue weighted by Gasteiger charge is 2.27. The number of amides is 1. The fourth-order valence-electron chi connectivity index (χ4n) is 3.23. The molecule has 1 N–H and O–H groups in total. The first-order valence-electron chi connectivity index (χ1n) is 8.82. The zero-order chi connectivity index (χ0) is 18.6. The Balaban J connectivity index is 1.42. The molecule has 8 heteroatoms. The number of benzene rings is 1. The van der Waals surface area contributed by atoms with Crippen molar-refractivity contribution in [3.05, 3.63) is 60.1 Å². The number of nitrogens with one attached hydrogen (secondary N) is 1. The lowest BCUT2D eigenvalue weighted by atomic mass is 9.97. The third-order valence-corrected chi connectivity index (χ3v) is 4.85. The van der Waals surface area contributed by atoms with Gasteiger partial charge in [-0.15, -0.1) is 10.2 Å². The van der Waals surface area contributed by atoms with E-state index in [4.69, 9.17) is 11.6 Å². The van der Waals surface area contributed by atoms with Crippen LogP contribution in [0.2, 0.25) is 5.02 Å². The number of nitrogens with zero attached hydrogens (tertiary/aromatic N) is 5. The van der Waals surface area contributed by atoms with Gasteiger partial charge in [0, 0.05) is 36.2 Å². The van der Waals surface area contributed by atoms with Gasteiger partial charge >= 0.3 is 0 Å². The fourth-order valence-corrected chi connectivity index (χ4v) is 3.42. The third kappa shape index (κ3) is 4.09. The highest BCUT2D eigenvalue weighted by atomic mass is 35.5. The molecule has 0 saturated carbocycles. The number of carbonyl (C=O) groups is 1. The van der Waals surface area contributed by atoms with Crippen molar-refractivity contribution in [2.75, 3.05) is 23.3 Å². The Kier molecular flexibility index (Phi) is 5.02. The third-order valence-electron chi connectivity index (χ3n) is 4.61. The van der Waals surface area contributed by atoms with E-state index < -0.39 is 0 Å². The average Bonchev–Trinajstić information content (AvgIpc) is 3.23. The molecule has 27 heavy (non-hydrogen) atoms. The van der Waals surface area contributed by atoms with Gasteiger partial charge in [-0.1, -0.05) is 17.7 Å². The number of carbonyl (C=O) groups excluding carboxylic acids is 1. The monoisotopic (exact) mass is 382 g/mol. The van der Waals surface area contributed by atoms with Crippen molar-refractivity contribution >= 4 is 29.0 Å². The number of piperidine rings is 1. The van der Waals surface area contributed by atoms with Crippen LogP contribution >= 0.6 is 11.6 Å². The highest BCUT2D eigenvalue weighted by Crippen LogP contribution is 2.23. The maximum absolute atomic E-state index is 12.6. The van der Waals surface area contributed by atoms with E-state index in [0.29, 0.717) is 23.1 Å². The van der Waals surface area contributed by atoms with Crippen LogP contribution in [-0.4, -0.2) is 38.7 Å². The molecular weight excluding hydrogens is 364 g/mol. The van der Waals surface area contributed by atoms with Crippen LogP contribution < -0.4 is 10.2 Å². The van der Waals surface area contributed by atoms with E-state index in [9.17, 15) is 4.79 Å². The normalized spacial score (nSPS) is 16.9. The number of halogens is 1. The molecule has 7 nitrogen and oxygen atoms in total. The summed E-state index contributed by atoms with van der Waals surface area (Å²) in [7, 11) is 0. The summed E-state index contributed by atoms with van der Waals surface area (Å²) in [6, 6.07) is 11.0. The number of imidazole rings is 1. The van der Waals surface area contributed by atoms with Crippen LogP contribution in [0.5, 0.6) is 0 Å². The van der Waals surface area contributed by atoms with Crippen molar-refractivity contribution in [3.8, 4) is 5.82 Å². The molecule has 2 aromatic heterocycles. The summed E-state index contributed by atoms with van der Waals surface area (Å²) in [4.78, 5) is 18.8. The van der Waals surface area contributed by atoms with Gasteiger partial charge in [0.1, 0.15) is 6.33 Å². The summed E-state index contributed by atoms with van der Waals surface area (Å²) in [6.45, 7) is 1.48. The molecule has 1 aliphatic heterocycles. The van der Waals surface area contributed by atoms with Crippen molar-refractivity contribution < 1.29 is 4.79 Å². The van der Waals surface area contributed by atoms with E-state index in [1.54, 1.807) is 29.2 Å². The van der Waals surface area contributed by atoms with Gasteiger partial charge in [-0.25, -0.2) is 4.98 Å². The summed E-state index contributed by atoms with van der Waals surface area (Å²) in [5.74, 6) is 1.39. The van der Waals surface area contributed by atoms with Gasteiger partial charge in [-0.2, -0.15) is 0 Å². The van der Waals surface area contributed by atoms with Gasteiger partial charge in [-0.05, 0) is 43.2 Å². The Hall–Kier alpha value is -2.93. The fraction of sp³-hybridized carbons (Fsp3) is 0.263. The first kappa shape index (κ1) is 17.5. The summed E-state index contributed by atoms with van der Waals surface area (Å²) >= 11 is 5.99. The molecule has 1 aliphatic rings. The minimum atomic E-state index is -0.104. The van der Waals surface area contributed by atoms with E-state index in [0.717, 1.165) is 25.2 Å². The molecule has 1 saturated heterocycles. The van der Waals surface area contributed by atoms with Crippen LogP contribution in [0.3, 0.4) is 0 Å².